The summed E-state index contributed by atoms with van der Waals surface area (Å²) in [7, 11) is 0. The van der Waals surface area contributed by atoms with Gasteiger partial charge in [-0.15, -0.1) is 0 Å². The Hall–Kier alpha value is -1.65. The molecule has 2 nitrogen and oxygen atoms in total. The van der Waals surface area contributed by atoms with Crippen molar-refractivity contribution < 1.29 is 79.8 Å². The predicted molar refractivity (Wildman–Crippen MR) is 70.8 cm³/mol. The Morgan fingerprint density at radius 1 is 0.688 bits per heavy atom. The van der Waals surface area contributed by atoms with E-state index in [1.165, 1.54) is 6.92 Å². The highest BCUT2D eigenvalue weighted by Gasteiger charge is 2.90. The summed E-state index contributed by atoms with van der Waals surface area (Å²) in [6.07, 6.45) is -17.6. The second-order valence-electron chi connectivity index (χ2n) is 6.32. The molecule has 0 heterocycles. The van der Waals surface area contributed by atoms with Gasteiger partial charge in [-0.2, -0.15) is 70.2 Å². The molecule has 0 fully saturated rings. The molecule has 1 atom stereocenters. The molecule has 0 spiro atoms. The zero-order valence-corrected chi connectivity index (χ0v) is 15.3. The molecule has 0 bridgehead atoms. The molecule has 0 aromatic carbocycles. The lowest BCUT2D eigenvalue weighted by molar-refractivity contribution is -0.441. The van der Waals surface area contributed by atoms with Gasteiger partial charge in [0.25, 0.3) is 0 Å². The van der Waals surface area contributed by atoms with Gasteiger partial charge in [0.15, 0.2) is 5.92 Å². The Morgan fingerprint density at radius 2 is 1.09 bits per heavy atom. The van der Waals surface area contributed by atoms with E-state index in [0.29, 0.717) is 0 Å². The molecule has 0 saturated carbocycles. The fourth-order valence-electron chi connectivity index (χ4n) is 1.94. The normalized spacial score (nSPS) is 16.2. The van der Waals surface area contributed by atoms with E-state index in [2.05, 4.69) is 4.74 Å². The molecule has 32 heavy (non-hydrogen) atoms. The molecular formula is C14H12F16O2. The number of rotatable bonds is 10. The number of alkyl halides is 16. The van der Waals surface area contributed by atoms with Gasteiger partial charge < -0.3 is 4.74 Å². The van der Waals surface area contributed by atoms with E-state index in [0.717, 1.165) is 0 Å². The van der Waals surface area contributed by atoms with Crippen LogP contribution >= 0.6 is 0 Å². The van der Waals surface area contributed by atoms with Gasteiger partial charge in [0.05, 0.1) is 6.61 Å². The van der Waals surface area contributed by atoms with Crippen LogP contribution < -0.4 is 0 Å². The van der Waals surface area contributed by atoms with Crippen molar-refractivity contribution in [1.82, 2.24) is 0 Å². The van der Waals surface area contributed by atoms with Crippen LogP contribution in [0.1, 0.15) is 26.2 Å². The number of unbranched alkanes of at least 4 members (excludes halogenated alkanes) is 1. The maximum atomic E-state index is 13.6. The molecule has 0 N–H and O–H groups in total. The van der Waals surface area contributed by atoms with Crippen molar-refractivity contribution in [3.05, 3.63) is 0 Å². The van der Waals surface area contributed by atoms with Crippen LogP contribution in [0.5, 0.6) is 0 Å². The predicted octanol–water partition coefficient (Wildman–Crippen LogP) is 6.64. The summed E-state index contributed by atoms with van der Waals surface area (Å²) in [5, 5.41) is 0. The monoisotopic (exact) mass is 516 g/mol. The fourth-order valence-corrected chi connectivity index (χ4v) is 1.94. The van der Waals surface area contributed by atoms with Gasteiger partial charge in [-0.25, -0.2) is 0 Å². The number of hydrogen-bond acceptors (Lipinski definition) is 2. The molecule has 0 aliphatic heterocycles. The van der Waals surface area contributed by atoms with Crippen molar-refractivity contribution in [1.29, 1.82) is 0 Å². The summed E-state index contributed by atoms with van der Waals surface area (Å²) in [6.45, 7) is 0.499. The molecule has 0 rings (SSSR count). The Morgan fingerprint density at radius 3 is 1.44 bits per heavy atom. The van der Waals surface area contributed by atoms with E-state index in [-0.39, 0.29) is 12.8 Å². The summed E-state index contributed by atoms with van der Waals surface area (Å²) >= 11 is 0. The van der Waals surface area contributed by atoms with Crippen molar-refractivity contribution in [2.45, 2.75) is 68.2 Å². The third kappa shape index (κ3) is 5.28. The molecule has 0 aromatic heterocycles. The average Bonchev–Trinajstić information content (AvgIpc) is 2.57. The van der Waals surface area contributed by atoms with E-state index in [1.807, 2.05) is 0 Å². The van der Waals surface area contributed by atoms with E-state index < -0.39 is 66.9 Å². The number of carbonyl (C=O) groups excluding carboxylic acids is 1. The summed E-state index contributed by atoms with van der Waals surface area (Å²) in [6, 6.07) is 0. The van der Waals surface area contributed by atoms with E-state index in [4.69, 9.17) is 0 Å². The summed E-state index contributed by atoms with van der Waals surface area (Å²) < 4.78 is 211. The Kier molecular flexibility index (Phi) is 8.48. The summed E-state index contributed by atoms with van der Waals surface area (Å²) in [5.41, 5.74) is 0. The fraction of sp³-hybridized carbons (Fsp3) is 0.929. The van der Waals surface area contributed by atoms with Crippen LogP contribution in [0.15, 0.2) is 0 Å². The van der Waals surface area contributed by atoms with Crippen LogP contribution in [-0.4, -0.2) is 54.5 Å². The molecule has 18 heteroatoms. The lowest BCUT2D eigenvalue weighted by atomic mass is 9.89. The van der Waals surface area contributed by atoms with Gasteiger partial charge in [0.1, 0.15) is 0 Å². The molecule has 0 aromatic rings. The van der Waals surface area contributed by atoms with Gasteiger partial charge in [-0.3, -0.25) is 4.79 Å². The second kappa shape index (κ2) is 8.95. The largest absolute Gasteiger partial charge is 0.465 e. The smallest absolute Gasteiger partial charge is 0.460 e. The van der Waals surface area contributed by atoms with Crippen molar-refractivity contribution in [3.63, 3.8) is 0 Å². The van der Waals surface area contributed by atoms with Crippen LogP contribution in [-0.2, 0) is 9.53 Å². The average molecular weight is 516 g/mol. The molecule has 0 radical (unpaired) electrons. The molecule has 0 saturated heterocycles. The van der Waals surface area contributed by atoms with Gasteiger partial charge in [0.2, 0.25) is 0 Å². The van der Waals surface area contributed by atoms with E-state index >= 15 is 0 Å². The van der Waals surface area contributed by atoms with Crippen LogP contribution in [0.25, 0.3) is 0 Å². The highest BCUT2D eigenvalue weighted by Crippen LogP contribution is 2.61. The first-order chi connectivity index (χ1) is 13.8. The molecule has 0 amide bonds. The number of carbonyl (C=O) groups is 1. The molecule has 192 valence electrons. The first-order valence-corrected chi connectivity index (χ1v) is 8.02. The zero-order valence-electron chi connectivity index (χ0n) is 15.3. The quantitative estimate of drug-likeness (QED) is 0.185. The third-order valence-corrected chi connectivity index (χ3v) is 3.88. The minimum absolute atomic E-state index is 0.146. The highest BCUT2D eigenvalue weighted by molar-refractivity contribution is 5.73. The van der Waals surface area contributed by atoms with Crippen LogP contribution in [0.4, 0.5) is 70.2 Å². The third-order valence-electron chi connectivity index (χ3n) is 3.88. The minimum Gasteiger partial charge on any atom is -0.465 e. The van der Waals surface area contributed by atoms with Crippen LogP contribution in [0.2, 0.25) is 0 Å². The summed E-state index contributed by atoms with van der Waals surface area (Å²) in [5.74, 6) is -46.5. The molecule has 1 unspecified atom stereocenters. The Labute approximate surface area is 167 Å². The lowest BCUT2D eigenvalue weighted by Crippen LogP contribution is -2.70. The van der Waals surface area contributed by atoms with Gasteiger partial charge in [0, 0.05) is 6.42 Å². The number of esters is 1. The highest BCUT2D eigenvalue weighted by atomic mass is 19.4. The SMILES string of the molecule is CCCCOC(=O)C(CC(F)(F)C(F)(F)C(F)(F)C(F)(F)C(F)(F)C(F)(F)F)C(F)(F)F. The van der Waals surface area contributed by atoms with Gasteiger partial charge in [-0.1, -0.05) is 13.3 Å². The van der Waals surface area contributed by atoms with E-state index in [1.54, 1.807) is 0 Å². The lowest BCUT2D eigenvalue weighted by Gasteiger charge is -2.40. The Balaban J connectivity index is 6.27. The van der Waals surface area contributed by atoms with Crippen LogP contribution in [0.3, 0.4) is 0 Å². The first kappa shape index (κ1) is 30.3. The number of halogens is 16. The molecule has 0 aliphatic carbocycles. The van der Waals surface area contributed by atoms with Crippen molar-refractivity contribution >= 4 is 5.97 Å². The zero-order chi connectivity index (χ0) is 26.2. The van der Waals surface area contributed by atoms with E-state index in [9.17, 15) is 75.0 Å². The van der Waals surface area contributed by atoms with Crippen molar-refractivity contribution in [2.75, 3.05) is 6.61 Å². The van der Waals surface area contributed by atoms with Gasteiger partial charge in [-0.05, 0) is 6.42 Å². The number of hydrogen-bond donors (Lipinski definition) is 0. The standard InChI is InChI=1S/C14H12F16O2/c1-2-3-4-32-7(31)6(9(17,18)19)5-8(15,16)10(20,21)11(22,23)12(24,25)13(26,27)14(28,29)30/h6H,2-5H2,1H3. The van der Waals surface area contributed by atoms with Crippen molar-refractivity contribution in [2.24, 2.45) is 5.92 Å². The first-order valence-electron chi connectivity index (χ1n) is 8.02. The minimum atomic E-state index is -8.25. The second-order valence-corrected chi connectivity index (χ2v) is 6.32. The maximum Gasteiger partial charge on any atom is 0.460 e. The molecule has 0 aliphatic rings. The summed E-state index contributed by atoms with van der Waals surface area (Å²) in [4.78, 5) is 11.3. The number of ether oxygens (including phenoxy) is 1. The topological polar surface area (TPSA) is 26.3 Å². The van der Waals surface area contributed by atoms with Gasteiger partial charge >= 0.3 is 47.9 Å². The maximum absolute atomic E-state index is 13.6. The molecular weight excluding hydrogens is 504 g/mol. The Bertz CT molecular complexity index is 648. The van der Waals surface area contributed by atoms with Crippen LogP contribution in [0, 0.1) is 5.92 Å². The van der Waals surface area contributed by atoms with Crippen molar-refractivity contribution in [3.8, 4) is 0 Å².